The molecule has 2 saturated heterocycles. The molecule has 2 heterocycles. The SMILES string of the molecule is CC1CN(C(=O)CN2C(=O)CNC2=O)CC(C)N1. The Kier molecular flexibility index (Phi) is 3.51. The van der Waals surface area contributed by atoms with E-state index in [-0.39, 0.29) is 37.0 Å². The van der Waals surface area contributed by atoms with Gasteiger partial charge in [-0.25, -0.2) is 4.79 Å². The molecular weight excluding hydrogens is 236 g/mol. The molecule has 2 rings (SSSR count). The molecule has 7 nitrogen and oxygen atoms in total. The van der Waals surface area contributed by atoms with Crippen molar-refractivity contribution in [2.75, 3.05) is 26.2 Å². The first-order chi connectivity index (χ1) is 8.47. The van der Waals surface area contributed by atoms with E-state index in [1.54, 1.807) is 4.90 Å². The van der Waals surface area contributed by atoms with Crippen LogP contribution in [0.3, 0.4) is 0 Å². The molecule has 0 aliphatic carbocycles. The van der Waals surface area contributed by atoms with E-state index in [1.807, 2.05) is 13.8 Å². The summed E-state index contributed by atoms with van der Waals surface area (Å²) in [6.45, 7) is 5.04. The van der Waals surface area contributed by atoms with Crippen molar-refractivity contribution in [2.45, 2.75) is 25.9 Å². The molecule has 0 aromatic carbocycles. The third kappa shape index (κ3) is 2.61. The highest BCUT2D eigenvalue weighted by Crippen LogP contribution is 2.07. The number of amides is 4. The molecule has 0 aromatic heterocycles. The number of hydrogen-bond acceptors (Lipinski definition) is 4. The van der Waals surface area contributed by atoms with E-state index in [0.29, 0.717) is 13.1 Å². The average molecular weight is 254 g/mol. The van der Waals surface area contributed by atoms with E-state index < -0.39 is 6.03 Å². The number of piperazine rings is 1. The Morgan fingerprint density at radius 1 is 1.28 bits per heavy atom. The fourth-order valence-corrected chi connectivity index (χ4v) is 2.38. The van der Waals surface area contributed by atoms with Crippen molar-refractivity contribution < 1.29 is 14.4 Å². The molecule has 2 aliphatic rings. The molecule has 2 atom stereocenters. The van der Waals surface area contributed by atoms with Crippen molar-refractivity contribution in [3.05, 3.63) is 0 Å². The highest BCUT2D eigenvalue weighted by atomic mass is 16.2. The zero-order chi connectivity index (χ0) is 13.3. The minimum Gasteiger partial charge on any atom is -0.338 e. The largest absolute Gasteiger partial charge is 0.338 e. The zero-order valence-corrected chi connectivity index (χ0v) is 10.6. The van der Waals surface area contributed by atoms with Crippen LogP contribution in [0, 0.1) is 0 Å². The third-order valence-electron chi connectivity index (χ3n) is 3.14. The lowest BCUT2D eigenvalue weighted by atomic mass is 10.1. The highest BCUT2D eigenvalue weighted by molar-refractivity contribution is 6.04. The minimum absolute atomic E-state index is 0.0134. The van der Waals surface area contributed by atoms with Gasteiger partial charge in [0.1, 0.15) is 6.54 Å². The normalized spacial score (nSPS) is 28.6. The smallest absolute Gasteiger partial charge is 0.325 e. The monoisotopic (exact) mass is 254 g/mol. The van der Waals surface area contributed by atoms with Crippen LogP contribution >= 0.6 is 0 Å². The number of carbonyl (C=O) groups is 3. The molecular formula is C11H18N4O3. The second-order valence-corrected chi connectivity index (χ2v) is 4.91. The number of nitrogens with one attached hydrogen (secondary N) is 2. The van der Waals surface area contributed by atoms with Gasteiger partial charge in [-0.2, -0.15) is 0 Å². The number of hydrogen-bond donors (Lipinski definition) is 2. The Hall–Kier alpha value is -1.63. The summed E-state index contributed by atoms with van der Waals surface area (Å²) in [4.78, 5) is 37.5. The zero-order valence-electron chi connectivity index (χ0n) is 10.6. The number of nitrogens with zero attached hydrogens (tertiary/aromatic N) is 2. The quantitative estimate of drug-likeness (QED) is 0.603. The van der Waals surface area contributed by atoms with E-state index in [0.717, 1.165) is 4.90 Å². The molecule has 4 amide bonds. The van der Waals surface area contributed by atoms with Crippen LogP contribution in [0.25, 0.3) is 0 Å². The summed E-state index contributed by atoms with van der Waals surface area (Å²) in [5, 5.41) is 5.72. The standard InChI is InChI=1S/C11H18N4O3/c1-7-4-14(5-8(2)13-7)10(17)6-15-9(16)3-12-11(15)18/h7-8,13H,3-6H2,1-2H3,(H,12,18). The predicted octanol–water partition coefficient (Wildman–Crippen LogP) is -1.25. The summed E-state index contributed by atoms with van der Waals surface area (Å²) in [5.41, 5.74) is 0. The molecule has 2 unspecified atom stereocenters. The van der Waals surface area contributed by atoms with Gasteiger partial charge >= 0.3 is 6.03 Å². The fraction of sp³-hybridized carbons (Fsp3) is 0.727. The van der Waals surface area contributed by atoms with E-state index in [2.05, 4.69) is 10.6 Å². The van der Waals surface area contributed by atoms with Gasteiger partial charge in [0.05, 0.1) is 6.54 Å². The van der Waals surface area contributed by atoms with E-state index >= 15 is 0 Å². The molecule has 0 saturated carbocycles. The molecule has 2 aliphatic heterocycles. The van der Waals surface area contributed by atoms with Crippen LogP contribution in [0.5, 0.6) is 0 Å². The van der Waals surface area contributed by atoms with Crippen molar-refractivity contribution in [3.63, 3.8) is 0 Å². The molecule has 7 heteroatoms. The van der Waals surface area contributed by atoms with Crippen molar-refractivity contribution in [1.82, 2.24) is 20.4 Å². The summed E-state index contributed by atoms with van der Waals surface area (Å²) in [6.07, 6.45) is 0. The van der Waals surface area contributed by atoms with Crippen LogP contribution in [0.15, 0.2) is 0 Å². The number of carbonyl (C=O) groups excluding carboxylic acids is 3. The Morgan fingerprint density at radius 3 is 2.39 bits per heavy atom. The molecule has 2 N–H and O–H groups in total. The Balaban J connectivity index is 1.95. The van der Waals surface area contributed by atoms with Crippen LogP contribution in [0.4, 0.5) is 4.79 Å². The van der Waals surface area contributed by atoms with Gasteiger partial charge < -0.3 is 15.5 Å². The maximum Gasteiger partial charge on any atom is 0.325 e. The fourth-order valence-electron chi connectivity index (χ4n) is 2.38. The maximum absolute atomic E-state index is 12.1. The molecule has 100 valence electrons. The van der Waals surface area contributed by atoms with Crippen LogP contribution in [0.1, 0.15) is 13.8 Å². The van der Waals surface area contributed by atoms with Gasteiger partial charge in [0.2, 0.25) is 5.91 Å². The number of urea groups is 1. The highest BCUT2D eigenvalue weighted by Gasteiger charge is 2.33. The average Bonchev–Trinajstić information content (AvgIpc) is 2.59. The summed E-state index contributed by atoms with van der Waals surface area (Å²) < 4.78 is 0. The Labute approximate surface area is 105 Å². The lowest BCUT2D eigenvalue weighted by Crippen LogP contribution is -2.57. The van der Waals surface area contributed by atoms with E-state index in [4.69, 9.17) is 0 Å². The first-order valence-corrected chi connectivity index (χ1v) is 6.09. The first-order valence-electron chi connectivity index (χ1n) is 6.09. The molecule has 18 heavy (non-hydrogen) atoms. The Morgan fingerprint density at radius 2 is 1.89 bits per heavy atom. The first kappa shape index (κ1) is 12.8. The van der Waals surface area contributed by atoms with Gasteiger partial charge in [0.15, 0.2) is 0 Å². The van der Waals surface area contributed by atoms with Gasteiger partial charge in [-0.15, -0.1) is 0 Å². The number of rotatable bonds is 2. The molecule has 0 bridgehead atoms. The van der Waals surface area contributed by atoms with Crippen molar-refractivity contribution in [3.8, 4) is 0 Å². The van der Waals surface area contributed by atoms with Crippen molar-refractivity contribution >= 4 is 17.8 Å². The Bertz CT molecular complexity index is 358. The maximum atomic E-state index is 12.1. The molecule has 0 radical (unpaired) electrons. The van der Waals surface area contributed by atoms with Crippen LogP contribution in [-0.4, -0.2) is 65.9 Å². The van der Waals surface area contributed by atoms with Crippen molar-refractivity contribution in [2.24, 2.45) is 0 Å². The topological polar surface area (TPSA) is 81.8 Å². The van der Waals surface area contributed by atoms with Gasteiger partial charge in [0, 0.05) is 25.2 Å². The molecule has 0 aromatic rings. The van der Waals surface area contributed by atoms with Crippen LogP contribution in [-0.2, 0) is 9.59 Å². The minimum atomic E-state index is -0.482. The van der Waals surface area contributed by atoms with Crippen LogP contribution in [0.2, 0.25) is 0 Å². The molecule has 2 fully saturated rings. The van der Waals surface area contributed by atoms with E-state index in [1.165, 1.54) is 0 Å². The summed E-state index contributed by atoms with van der Waals surface area (Å²) in [6, 6.07) is -0.0359. The lowest BCUT2D eigenvalue weighted by Gasteiger charge is -2.36. The van der Waals surface area contributed by atoms with Gasteiger partial charge in [-0.05, 0) is 13.8 Å². The molecule has 0 spiro atoms. The van der Waals surface area contributed by atoms with Gasteiger partial charge in [0.25, 0.3) is 5.91 Å². The van der Waals surface area contributed by atoms with Gasteiger partial charge in [-0.3, -0.25) is 14.5 Å². The predicted molar refractivity (Wildman–Crippen MR) is 63.8 cm³/mol. The van der Waals surface area contributed by atoms with Crippen LogP contribution < -0.4 is 10.6 Å². The van der Waals surface area contributed by atoms with E-state index in [9.17, 15) is 14.4 Å². The summed E-state index contributed by atoms with van der Waals surface area (Å²) >= 11 is 0. The summed E-state index contributed by atoms with van der Waals surface area (Å²) in [5.74, 6) is -0.523. The third-order valence-corrected chi connectivity index (χ3v) is 3.14. The lowest BCUT2D eigenvalue weighted by molar-refractivity contribution is -0.137. The summed E-state index contributed by atoms with van der Waals surface area (Å²) in [7, 11) is 0. The number of imide groups is 1. The van der Waals surface area contributed by atoms with Crippen molar-refractivity contribution in [1.29, 1.82) is 0 Å². The second kappa shape index (κ2) is 4.93. The van der Waals surface area contributed by atoms with Gasteiger partial charge in [-0.1, -0.05) is 0 Å². The second-order valence-electron chi connectivity index (χ2n) is 4.91.